The van der Waals surface area contributed by atoms with Gasteiger partial charge in [0.2, 0.25) is 0 Å². The van der Waals surface area contributed by atoms with Crippen molar-refractivity contribution in [2.45, 2.75) is 19.4 Å². The average Bonchev–Trinajstić information content (AvgIpc) is 2.14. The molecular formula is C11H9F3O. The zero-order valence-electron chi connectivity index (χ0n) is 8.27. The second-order valence-corrected chi connectivity index (χ2v) is 3.45. The summed E-state index contributed by atoms with van der Waals surface area (Å²) in [5.74, 6) is -1.60. The summed E-state index contributed by atoms with van der Waals surface area (Å²) < 4.78 is 43.4. The smallest absolute Gasteiger partial charge is 0.168 e. The van der Waals surface area contributed by atoms with Crippen LogP contribution in [0.2, 0.25) is 0 Å². The standard InChI is InChI=1S/C11H9F3O/c1-4-11(2,3)15-10-6-8(13)7(12)5-9(10)14/h1,5-6H,2-3H3. The van der Waals surface area contributed by atoms with E-state index in [-0.39, 0.29) is 0 Å². The molecule has 0 N–H and O–H groups in total. The first-order valence-electron chi connectivity index (χ1n) is 4.17. The maximum atomic E-state index is 13.1. The van der Waals surface area contributed by atoms with Crippen molar-refractivity contribution in [2.24, 2.45) is 0 Å². The third kappa shape index (κ3) is 2.66. The summed E-state index contributed by atoms with van der Waals surface area (Å²) in [4.78, 5) is 0. The van der Waals surface area contributed by atoms with Gasteiger partial charge in [-0.3, -0.25) is 0 Å². The van der Waals surface area contributed by atoms with Gasteiger partial charge in [-0.2, -0.15) is 0 Å². The fourth-order valence-electron chi connectivity index (χ4n) is 0.887. The summed E-state index contributed by atoms with van der Waals surface area (Å²) in [6.45, 7) is 3.02. The number of halogens is 3. The fourth-order valence-corrected chi connectivity index (χ4v) is 0.887. The van der Waals surface area contributed by atoms with Crippen LogP contribution in [0.15, 0.2) is 12.1 Å². The number of hydrogen-bond acceptors (Lipinski definition) is 1. The Bertz CT molecular complexity index is 419. The van der Waals surface area contributed by atoms with Gasteiger partial charge in [-0.15, -0.1) is 6.42 Å². The molecule has 0 saturated carbocycles. The molecule has 1 aromatic rings. The summed E-state index contributed by atoms with van der Waals surface area (Å²) >= 11 is 0. The minimum absolute atomic E-state index is 0.406. The number of ether oxygens (including phenoxy) is 1. The third-order valence-electron chi connectivity index (χ3n) is 1.69. The Morgan fingerprint density at radius 1 is 1.13 bits per heavy atom. The van der Waals surface area contributed by atoms with E-state index >= 15 is 0 Å². The van der Waals surface area contributed by atoms with Gasteiger partial charge in [-0.05, 0) is 13.8 Å². The summed E-state index contributed by atoms with van der Waals surface area (Å²) in [7, 11) is 0. The predicted molar refractivity (Wildman–Crippen MR) is 49.9 cm³/mol. The van der Waals surface area contributed by atoms with Crippen LogP contribution in [-0.4, -0.2) is 5.60 Å². The Morgan fingerprint density at radius 3 is 2.20 bits per heavy atom. The molecule has 0 spiro atoms. The van der Waals surface area contributed by atoms with E-state index in [2.05, 4.69) is 5.92 Å². The molecule has 1 nitrogen and oxygen atoms in total. The molecule has 0 unspecified atom stereocenters. The lowest BCUT2D eigenvalue weighted by atomic mass is 10.1. The van der Waals surface area contributed by atoms with Gasteiger partial charge in [0.1, 0.15) is 0 Å². The Kier molecular flexibility index (Phi) is 2.94. The largest absolute Gasteiger partial charge is 0.472 e. The lowest BCUT2D eigenvalue weighted by molar-refractivity contribution is 0.163. The van der Waals surface area contributed by atoms with E-state index in [1.165, 1.54) is 13.8 Å². The summed E-state index contributed by atoms with van der Waals surface area (Å²) in [6, 6.07) is 1.04. The highest BCUT2D eigenvalue weighted by Gasteiger charge is 2.19. The Hall–Kier alpha value is -1.63. The van der Waals surface area contributed by atoms with Gasteiger partial charge in [0.15, 0.2) is 28.8 Å². The minimum Gasteiger partial charge on any atom is -0.472 e. The van der Waals surface area contributed by atoms with Crippen LogP contribution in [0.25, 0.3) is 0 Å². The maximum absolute atomic E-state index is 13.1. The Morgan fingerprint density at radius 2 is 1.67 bits per heavy atom. The fraction of sp³-hybridized carbons (Fsp3) is 0.273. The molecule has 0 aliphatic rings. The lowest BCUT2D eigenvalue weighted by Crippen LogP contribution is -2.26. The molecule has 0 aromatic heterocycles. The first-order valence-corrected chi connectivity index (χ1v) is 4.17. The number of rotatable bonds is 2. The average molecular weight is 214 g/mol. The topological polar surface area (TPSA) is 9.23 Å². The van der Waals surface area contributed by atoms with Crippen LogP contribution < -0.4 is 4.74 Å². The van der Waals surface area contributed by atoms with Gasteiger partial charge >= 0.3 is 0 Å². The second-order valence-electron chi connectivity index (χ2n) is 3.45. The maximum Gasteiger partial charge on any atom is 0.168 e. The van der Waals surface area contributed by atoms with Crippen molar-refractivity contribution in [1.29, 1.82) is 0 Å². The molecule has 1 aromatic carbocycles. The van der Waals surface area contributed by atoms with Crippen LogP contribution in [-0.2, 0) is 0 Å². The predicted octanol–water partition coefficient (Wildman–Crippen LogP) is 2.89. The SMILES string of the molecule is C#CC(C)(C)Oc1cc(F)c(F)cc1F. The normalized spacial score (nSPS) is 10.9. The van der Waals surface area contributed by atoms with Crippen molar-refractivity contribution >= 4 is 0 Å². The zero-order valence-corrected chi connectivity index (χ0v) is 8.27. The third-order valence-corrected chi connectivity index (χ3v) is 1.69. The van der Waals surface area contributed by atoms with Crippen LogP contribution in [0.1, 0.15) is 13.8 Å². The van der Waals surface area contributed by atoms with Crippen LogP contribution in [0.3, 0.4) is 0 Å². The lowest BCUT2D eigenvalue weighted by Gasteiger charge is -2.20. The van der Waals surface area contributed by atoms with Crippen molar-refractivity contribution in [3.63, 3.8) is 0 Å². The molecule has 4 heteroatoms. The summed E-state index contributed by atoms with van der Waals surface area (Å²) in [6.07, 6.45) is 5.11. The molecule has 0 fully saturated rings. The molecule has 0 aliphatic heterocycles. The van der Waals surface area contributed by atoms with Crippen molar-refractivity contribution < 1.29 is 17.9 Å². The number of benzene rings is 1. The Labute approximate surface area is 85.9 Å². The summed E-state index contributed by atoms with van der Waals surface area (Å²) in [5, 5.41) is 0. The highest BCUT2D eigenvalue weighted by molar-refractivity contribution is 5.28. The molecule has 15 heavy (non-hydrogen) atoms. The van der Waals surface area contributed by atoms with Crippen molar-refractivity contribution in [1.82, 2.24) is 0 Å². The molecule has 0 saturated heterocycles. The molecule has 1 rings (SSSR count). The quantitative estimate of drug-likeness (QED) is 0.543. The van der Waals surface area contributed by atoms with E-state index in [1.807, 2.05) is 0 Å². The van der Waals surface area contributed by atoms with E-state index in [1.54, 1.807) is 0 Å². The molecule has 0 aliphatic carbocycles. The summed E-state index contributed by atoms with van der Waals surface area (Å²) in [5.41, 5.74) is -1.08. The molecule has 0 bridgehead atoms. The molecule has 0 amide bonds. The van der Waals surface area contributed by atoms with E-state index in [0.717, 1.165) is 0 Å². The van der Waals surface area contributed by atoms with Crippen LogP contribution in [0, 0.1) is 29.8 Å². The second kappa shape index (κ2) is 3.85. The molecule has 0 atom stereocenters. The highest BCUT2D eigenvalue weighted by atomic mass is 19.2. The van der Waals surface area contributed by atoms with Gasteiger partial charge in [-0.25, -0.2) is 13.2 Å². The van der Waals surface area contributed by atoms with Crippen molar-refractivity contribution in [3.05, 3.63) is 29.6 Å². The van der Waals surface area contributed by atoms with Gasteiger partial charge in [0.25, 0.3) is 0 Å². The first kappa shape index (κ1) is 11.4. The van der Waals surface area contributed by atoms with E-state index < -0.39 is 28.8 Å². The van der Waals surface area contributed by atoms with E-state index in [4.69, 9.17) is 11.2 Å². The first-order chi connectivity index (χ1) is 6.85. The van der Waals surface area contributed by atoms with Crippen molar-refractivity contribution in [3.8, 4) is 18.1 Å². The Balaban J connectivity index is 3.07. The van der Waals surface area contributed by atoms with Gasteiger partial charge in [0, 0.05) is 12.1 Å². The van der Waals surface area contributed by atoms with Crippen LogP contribution in [0.4, 0.5) is 13.2 Å². The monoisotopic (exact) mass is 214 g/mol. The van der Waals surface area contributed by atoms with Crippen LogP contribution in [0.5, 0.6) is 5.75 Å². The van der Waals surface area contributed by atoms with Gasteiger partial charge in [0.05, 0.1) is 0 Å². The molecular weight excluding hydrogens is 205 g/mol. The number of terminal acetylenes is 1. The highest BCUT2D eigenvalue weighted by Crippen LogP contribution is 2.24. The molecule has 0 heterocycles. The minimum atomic E-state index is -1.27. The zero-order chi connectivity index (χ0) is 11.6. The van der Waals surface area contributed by atoms with Gasteiger partial charge < -0.3 is 4.74 Å². The van der Waals surface area contributed by atoms with E-state index in [0.29, 0.717) is 12.1 Å². The number of hydrogen-bond donors (Lipinski definition) is 0. The molecule has 80 valence electrons. The molecule has 0 radical (unpaired) electrons. The van der Waals surface area contributed by atoms with Gasteiger partial charge in [-0.1, -0.05) is 5.92 Å². The van der Waals surface area contributed by atoms with E-state index in [9.17, 15) is 13.2 Å². The van der Waals surface area contributed by atoms with Crippen LogP contribution >= 0.6 is 0 Å². The van der Waals surface area contributed by atoms with Crippen molar-refractivity contribution in [2.75, 3.05) is 0 Å².